The van der Waals surface area contributed by atoms with Crippen molar-refractivity contribution in [2.24, 2.45) is 0 Å². The average Bonchev–Trinajstić information content (AvgIpc) is 1.57. The van der Waals surface area contributed by atoms with Gasteiger partial charge in [-0.2, -0.15) is 0 Å². The molecule has 2 aliphatic carbocycles. The van der Waals surface area contributed by atoms with E-state index in [4.69, 9.17) is 9.97 Å². The average molecular weight is 1300 g/mol. The SMILES string of the molecule is CC1(C)c2ccccc2-c2ccc(-n3c4ccccc4c4cc(-c5ccc6c(c5)c5ccccc5n6-c5ccc6cc(-c7nc(-n8c9ccccc9c9cc(-c%10ccc%11c(c%10)c%10ccccc%10n%11-c%10ccc%11c(c%10)C(C)(C)c%10ccccc%10-%11)ccc98)nc8ccccc78)ccc6c5)ccc43)cc21. The fourth-order valence-electron chi connectivity index (χ4n) is 18.2. The number of hydrogen-bond donors (Lipinski definition) is 0. The molecule has 0 amide bonds. The fourth-order valence-corrected chi connectivity index (χ4v) is 18.2. The lowest BCUT2D eigenvalue weighted by atomic mass is 9.82. The first-order valence-corrected chi connectivity index (χ1v) is 35.5. The monoisotopic (exact) mass is 1300 g/mol. The highest BCUT2D eigenvalue weighted by Gasteiger charge is 2.37. The highest BCUT2D eigenvalue weighted by molar-refractivity contribution is 6.15. The minimum Gasteiger partial charge on any atom is -0.309 e. The largest absolute Gasteiger partial charge is 0.309 e. The summed E-state index contributed by atoms with van der Waals surface area (Å²) in [4.78, 5) is 11.0. The van der Waals surface area contributed by atoms with Crippen molar-refractivity contribution < 1.29 is 0 Å². The van der Waals surface area contributed by atoms with Gasteiger partial charge in [-0.3, -0.25) is 4.57 Å². The third kappa shape index (κ3) is 8.00. The summed E-state index contributed by atoms with van der Waals surface area (Å²) in [5, 5.41) is 13.0. The normalized spacial score (nSPS) is 13.6. The Morgan fingerprint density at radius 1 is 0.225 bits per heavy atom. The molecule has 0 unspecified atom stereocenters. The van der Waals surface area contributed by atoms with Crippen LogP contribution in [0.1, 0.15) is 49.9 Å². The van der Waals surface area contributed by atoms with Crippen LogP contribution in [0.5, 0.6) is 0 Å². The van der Waals surface area contributed by atoms with Gasteiger partial charge in [0.25, 0.3) is 0 Å². The number of benzene rings is 15. The van der Waals surface area contributed by atoms with Gasteiger partial charge in [-0.25, -0.2) is 9.97 Å². The van der Waals surface area contributed by atoms with Gasteiger partial charge in [0, 0.05) is 81.9 Å². The van der Waals surface area contributed by atoms with Crippen LogP contribution in [0.15, 0.2) is 315 Å². The maximum absolute atomic E-state index is 5.59. The molecule has 0 fully saturated rings. The molecule has 5 heterocycles. The van der Waals surface area contributed by atoms with Gasteiger partial charge >= 0.3 is 0 Å². The molecule has 0 radical (unpaired) electrons. The smallest absolute Gasteiger partial charge is 0.235 e. The van der Waals surface area contributed by atoms with E-state index in [-0.39, 0.29) is 10.8 Å². The molecule has 0 spiro atoms. The molecule has 0 bridgehead atoms. The standard InChI is InChI=1S/C96H64N6/c1-95(2)80-26-12-5-19-67(80)69-43-41-65(55-82(69)95)100-86-30-16-9-22-72(86)77-52-60(37-46-90(77)100)59-36-45-89-76(51-59)71-21-8-15-29-85(71)99(89)64-40-35-57-49-63(34-33-58(57)50-64)93-75-25-7-14-28-84(75)97-94(98-93)102-88-32-18-11-24-74(88)79-54-62(39-48-92(79)102)61-38-47-91-78(53-61)73-23-10-17-31-87(73)101(91)66-42-44-70-68-20-6-13-27-81(68)96(3,4)83(70)56-66/h5-56H,1-4H3. The number of hydrogen-bond acceptors (Lipinski definition) is 2. The molecule has 0 N–H and O–H groups in total. The van der Waals surface area contributed by atoms with Crippen LogP contribution in [-0.4, -0.2) is 28.2 Å². The van der Waals surface area contributed by atoms with Crippen LogP contribution in [0.3, 0.4) is 0 Å². The van der Waals surface area contributed by atoms with Crippen LogP contribution >= 0.6 is 0 Å². The first kappa shape index (κ1) is 57.0. The topological polar surface area (TPSA) is 45.5 Å². The molecular weight excluding hydrogens is 1240 g/mol. The predicted octanol–water partition coefficient (Wildman–Crippen LogP) is 24.8. The van der Waals surface area contributed by atoms with Crippen LogP contribution in [-0.2, 0) is 10.8 Å². The maximum atomic E-state index is 5.59. The number of nitrogens with zero attached hydrogens (tertiary/aromatic N) is 6. The third-order valence-electron chi connectivity index (χ3n) is 23.2. The van der Waals surface area contributed by atoms with Crippen molar-refractivity contribution in [2.75, 3.05) is 0 Å². The molecular formula is C96H64N6. The summed E-state index contributed by atoms with van der Waals surface area (Å²) in [7, 11) is 0. The zero-order valence-electron chi connectivity index (χ0n) is 56.7. The number of fused-ring (bicyclic) bond motifs is 20. The van der Waals surface area contributed by atoms with Crippen molar-refractivity contribution in [3.05, 3.63) is 338 Å². The van der Waals surface area contributed by atoms with Gasteiger partial charge in [0.2, 0.25) is 5.95 Å². The van der Waals surface area contributed by atoms with Crippen molar-refractivity contribution in [1.29, 1.82) is 0 Å². The van der Waals surface area contributed by atoms with E-state index in [1.54, 1.807) is 0 Å². The van der Waals surface area contributed by atoms with Crippen LogP contribution in [0.25, 0.3) is 188 Å². The predicted molar refractivity (Wildman–Crippen MR) is 426 cm³/mol. The van der Waals surface area contributed by atoms with Crippen molar-refractivity contribution in [1.82, 2.24) is 28.2 Å². The molecule has 22 rings (SSSR count). The van der Waals surface area contributed by atoms with Gasteiger partial charge in [-0.1, -0.05) is 222 Å². The van der Waals surface area contributed by atoms with Gasteiger partial charge < -0.3 is 13.7 Å². The summed E-state index contributed by atoms with van der Waals surface area (Å²) in [6.45, 7) is 9.44. The minimum absolute atomic E-state index is 0.0920. The van der Waals surface area contributed by atoms with Gasteiger partial charge in [0.1, 0.15) is 0 Å². The summed E-state index contributed by atoms with van der Waals surface area (Å²) in [5.74, 6) is 0.635. The van der Waals surface area contributed by atoms with Crippen LogP contribution in [0.4, 0.5) is 0 Å². The van der Waals surface area contributed by atoms with E-state index in [1.165, 1.54) is 138 Å². The summed E-state index contributed by atoms with van der Waals surface area (Å²) in [5.41, 5.74) is 30.9. The highest BCUT2D eigenvalue weighted by atomic mass is 15.2. The molecule has 102 heavy (non-hydrogen) atoms. The van der Waals surface area contributed by atoms with E-state index in [1.807, 2.05) is 0 Å². The zero-order chi connectivity index (χ0) is 67.4. The Morgan fingerprint density at radius 3 is 1.03 bits per heavy atom. The number of para-hydroxylation sites is 5. The number of aromatic nitrogens is 6. The molecule has 6 nitrogen and oxygen atoms in total. The van der Waals surface area contributed by atoms with Crippen LogP contribution < -0.4 is 0 Å². The molecule has 0 atom stereocenters. The Labute approximate surface area is 588 Å². The molecule has 20 aromatic rings. The van der Waals surface area contributed by atoms with E-state index in [0.717, 1.165) is 66.0 Å². The van der Waals surface area contributed by atoms with Crippen molar-refractivity contribution in [3.8, 4) is 78.8 Å². The second kappa shape index (κ2) is 20.8. The summed E-state index contributed by atoms with van der Waals surface area (Å²) in [6.07, 6.45) is 0. The summed E-state index contributed by atoms with van der Waals surface area (Å²) >= 11 is 0. The van der Waals surface area contributed by atoms with Crippen LogP contribution in [0, 0.1) is 0 Å². The van der Waals surface area contributed by atoms with Gasteiger partial charge in [-0.05, 0) is 199 Å². The van der Waals surface area contributed by atoms with Crippen molar-refractivity contribution in [3.63, 3.8) is 0 Å². The molecule has 15 aromatic carbocycles. The quantitative estimate of drug-likeness (QED) is 0.160. The van der Waals surface area contributed by atoms with E-state index < -0.39 is 0 Å². The molecule has 6 heteroatoms. The van der Waals surface area contributed by atoms with Crippen molar-refractivity contribution in [2.45, 2.75) is 38.5 Å². The van der Waals surface area contributed by atoms with Gasteiger partial charge in [0.05, 0.1) is 55.3 Å². The highest BCUT2D eigenvalue weighted by Crippen LogP contribution is 2.52. The molecule has 0 aliphatic heterocycles. The molecule has 0 saturated heterocycles. The second-order valence-corrected chi connectivity index (χ2v) is 29.3. The van der Waals surface area contributed by atoms with Crippen molar-refractivity contribution >= 4 is 109 Å². The van der Waals surface area contributed by atoms with E-state index in [2.05, 4.69) is 361 Å². The molecule has 2 aliphatic rings. The fraction of sp³-hybridized carbons (Fsp3) is 0.0625. The number of rotatable bonds is 7. The lowest BCUT2D eigenvalue weighted by Crippen LogP contribution is -2.15. The van der Waals surface area contributed by atoms with Crippen LogP contribution in [0.2, 0.25) is 0 Å². The molecule has 0 saturated carbocycles. The Bertz CT molecular complexity index is 7080. The first-order valence-electron chi connectivity index (χ1n) is 35.5. The van der Waals surface area contributed by atoms with Gasteiger partial charge in [0.15, 0.2) is 0 Å². The van der Waals surface area contributed by atoms with Gasteiger partial charge in [-0.15, -0.1) is 0 Å². The second-order valence-electron chi connectivity index (χ2n) is 29.3. The van der Waals surface area contributed by atoms with E-state index in [9.17, 15) is 0 Å². The minimum atomic E-state index is -0.0991. The lowest BCUT2D eigenvalue weighted by molar-refractivity contribution is 0.660. The summed E-state index contributed by atoms with van der Waals surface area (Å²) in [6, 6.07) is 117. The summed E-state index contributed by atoms with van der Waals surface area (Å²) < 4.78 is 9.60. The van der Waals surface area contributed by atoms with E-state index >= 15 is 0 Å². The van der Waals surface area contributed by atoms with E-state index in [0.29, 0.717) is 5.95 Å². The lowest BCUT2D eigenvalue weighted by Gasteiger charge is -2.22. The third-order valence-corrected chi connectivity index (χ3v) is 23.2. The Kier molecular flexibility index (Phi) is 11.7. The Morgan fingerprint density at radius 2 is 0.559 bits per heavy atom. The Hall–Kier alpha value is -12.9. The first-order chi connectivity index (χ1) is 50.1. The molecule has 5 aromatic heterocycles. The zero-order valence-corrected chi connectivity index (χ0v) is 56.7. The maximum Gasteiger partial charge on any atom is 0.235 e. The molecule has 478 valence electrons. The Balaban J connectivity index is 0.604.